The number of amides is 1. The molecule has 0 aromatic rings. The molecular formula is C12H22N2O. The SMILES string of the molecule is O=C(CN1CCCCC1)NCC1CCC1. The van der Waals surface area contributed by atoms with Gasteiger partial charge >= 0.3 is 0 Å². The molecule has 3 nitrogen and oxygen atoms in total. The second-order valence-electron chi connectivity index (χ2n) is 4.94. The molecule has 0 bridgehead atoms. The predicted octanol–water partition coefficient (Wildman–Crippen LogP) is 1.39. The van der Waals surface area contributed by atoms with E-state index in [9.17, 15) is 4.79 Å². The van der Waals surface area contributed by atoms with Gasteiger partial charge in [0.05, 0.1) is 6.54 Å². The molecule has 1 heterocycles. The summed E-state index contributed by atoms with van der Waals surface area (Å²) in [5.74, 6) is 0.999. The highest BCUT2D eigenvalue weighted by atomic mass is 16.2. The molecule has 3 heteroatoms. The fourth-order valence-corrected chi connectivity index (χ4v) is 2.33. The van der Waals surface area contributed by atoms with Crippen LogP contribution in [0.25, 0.3) is 0 Å². The molecule has 1 aliphatic heterocycles. The van der Waals surface area contributed by atoms with E-state index in [-0.39, 0.29) is 5.91 Å². The van der Waals surface area contributed by atoms with Crippen LogP contribution in [0.1, 0.15) is 38.5 Å². The minimum atomic E-state index is 0.226. The molecule has 0 unspecified atom stereocenters. The lowest BCUT2D eigenvalue weighted by atomic mass is 9.85. The van der Waals surface area contributed by atoms with Crippen LogP contribution in [-0.4, -0.2) is 37.0 Å². The second-order valence-corrected chi connectivity index (χ2v) is 4.94. The van der Waals surface area contributed by atoms with E-state index in [2.05, 4.69) is 10.2 Å². The average Bonchev–Trinajstić information content (AvgIpc) is 2.17. The Kier molecular flexibility index (Phi) is 4.01. The van der Waals surface area contributed by atoms with Crippen molar-refractivity contribution in [2.24, 2.45) is 5.92 Å². The van der Waals surface area contributed by atoms with Gasteiger partial charge in [-0.3, -0.25) is 9.69 Å². The van der Waals surface area contributed by atoms with Crippen molar-refractivity contribution in [3.05, 3.63) is 0 Å². The van der Waals surface area contributed by atoms with Crippen LogP contribution in [0.15, 0.2) is 0 Å². The lowest BCUT2D eigenvalue weighted by Gasteiger charge is -2.28. The molecule has 0 aromatic carbocycles. The van der Waals surface area contributed by atoms with Crippen molar-refractivity contribution in [1.29, 1.82) is 0 Å². The molecular weight excluding hydrogens is 188 g/mol. The summed E-state index contributed by atoms with van der Waals surface area (Å²) in [5.41, 5.74) is 0. The van der Waals surface area contributed by atoms with Gasteiger partial charge in [-0.25, -0.2) is 0 Å². The van der Waals surface area contributed by atoms with Crippen LogP contribution in [0.5, 0.6) is 0 Å². The van der Waals surface area contributed by atoms with E-state index in [4.69, 9.17) is 0 Å². The number of hydrogen-bond donors (Lipinski definition) is 1. The highest BCUT2D eigenvalue weighted by Gasteiger charge is 2.19. The van der Waals surface area contributed by atoms with Gasteiger partial charge in [-0.1, -0.05) is 12.8 Å². The number of carbonyl (C=O) groups is 1. The zero-order valence-electron chi connectivity index (χ0n) is 9.50. The molecule has 2 rings (SSSR count). The summed E-state index contributed by atoms with van der Waals surface area (Å²) in [4.78, 5) is 13.9. The zero-order chi connectivity index (χ0) is 10.5. The Bertz CT molecular complexity index is 208. The van der Waals surface area contributed by atoms with E-state index >= 15 is 0 Å². The summed E-state index contributed by atoms with van der Waals surface area (Å²) >= 11 is 0. The molecule has 1 saturated carbocycles. The highest BCUT2D eigenvalue weighted by molar-refractivity contribution is 5.78. The van der Waals surface area contributed by atoms with Gasteiger partial charge < -0.3 is 5.32 Å². The van der Waals surface area contributed by atoms with E-state index in [0.29, 0.717) is 6.54 Å². The quantitative estimate of drug-likeness (QED) is 0.760. The van der Waals surface area contributed by atoms with Crippen molar-refractivity contribution < 1.29 is 4.79 Å². The number of piperidine rings is 1. The van der Waals surface area contributed by atoms with Crippen molar-refractivity contribution >= 4 is 5.91 Å². The van der Waals surface area contributed by atoms with Gasteiger partial charge in [-0.15, -0.1) is 0 Å². The lowest BCUT2D eigenvalue weighted by Crippen LogP contribution is -2.41. The Balaban J connectivity index is 1.58. The van der Waals surface area contributed by atoms with E-state index < -0.39 is 0 Å². The standard InChI is InChI=1S/C12H22N2O/c15-12(13-9-11-5-4-6-11)10-14-7-2-1-3-8-14/h11H,1-10H2,(H,13,15). The largest absolute Gasteiger partial charge is 0.355 e. The first-order valence-electron chi connectivity index (χ1n) is 6.33. The Hall–Kier alpha value is -0.570. The highest BCUT2D eigenvalue weighted by Crippen LogP contribution is 2.25. The van der Waals surface area contributed by atoms with Crippen LogP contribution in [0.4, 0.5) is 0 Å². The van der Waals surface area contributed by atoms with E-state index in [1.165, 1.54) is 38.5 Å². The summed E-state index contributed by atoms with van der Waals surface area (Å²) in [5, 5.41) is 3.05. The molecule has 1 saturated heterocycles. The average molecular weight is 210 g/mol. The van der Waals surface area contributed by atoms with Gasteiger partial charge in [0.1, 0.15) is 0 Å². The third-order valence-electron chi connectivity index (χ3n) is 3.63. The zero-order valence-corrected chi connectivity index (χ0v) is 9.50. The fourth-order valence-electron chi connectivity index (χ4n) is 2.33. The molecule has 2 fully saturated rings. The third-order valence-corrected chi connectivity index (χ3v) is 3.63. The molecule has 2 aliphatic rings. The summed E-state index contributed by atoms with van der Waals surface area (Å²) in [7, 11) is 0. The maximum atomic E-state index is 11.6. The second kappa shape index (κ2) is 5.50. The topological polar surface area (TPSA) is 32.3 Å². The molecule has 0 aromatic heterocycles. The third kappa shape index (κ3) is 3.49. The number of nitrogens with zero attached hydrogens (tertiary/aromatic N) is 1. The Morgan fingerprint density at radius 1 is 1.13 bits per heavy atom. The van der Waals surface area contributed by atoms with Crippen molar-refractivity contribution in [1.82, 2.24) is 10.2 Å². The molecule has 0 atom stereocenters. The van der Waals surface area contributed by atoms with Gasteiger partial charge in [0, 0.05) is 6.54 Å². The Morgan fingerprint density at radius 3 is 2.47 bits per heavy atom. The van der Waals surface area contributed by atoms with Gasteiger partial charge in [-0.2, -0.15) is 0 Å². The maximum Gasteiger partial charge on any atom is 0.234 e. The van der Waals surface area contributed by atoms with Gasteiger partial charge in [-0.05, 0) is 44.7 Å². The molecule has 1 amide bonds. The first-order valence-corrected chi connectivity index (χ1v) is 6.33. The number of likely N-dealkylation sites (tertiary alicyclic amines) is 1. The van der Waals surface area contributed by atoms with Crippen LogP contribution in [0.2, 0.25) is 0 Å². The van der Waals surface area contributed by atoms with Crippen LogP contribution in [0, 0.1) is 5.92 Å². The van der Waals surface area contributed by atoms with Gasteiger partial charge in [0.25, 0.3) is 0 Å². The van der Waals surface area contributed by atoms with Gasteiger partial charge in [0.15, 0.2) is 0 Å². The van der Waals surface area contributed by atoms with Crippen LogP contribution in [-0.2, 0) is 4.79 Å². The maximum absolute atomic E-state index is 11.6. The van der Waals surface area contributed by atoms with Crippen molar-refractivity contribution in [2.75, 3.05) is 26.2 Å². The van der Waals surface area contributed by atoms with Crippen LogP contribution in [0.3, 0.4) is 0 Å². The molecule has 1 N–H and O–H groups in total. The Labute approximate surface area is 92.2 Å². The molecule has 0 radical (unpaired) electrons. The Morgan fingerprint density at radius 2 is 1.87 bits per heavy atom. The number of hydrogen-bond acceptors (Lipinski definition) is 2. The first kappa shape index (κ1) is 10.9. The smallest absolute Gasteiger partial charge is 0.234 e. The van der Waals surface area contributed by atoms with Gasteiger partial charge in [0.2, 0.25) is 5.91 Å². The fraction of sp³-hybridized carbons (Fsp3) is 0.917. The normalized spacial score (nSPS) is 23.5. The summed E-state index contributed by atoms with van der Waals surface area (Å²) < 4.78 is 0. The minimum Gasteiger partial charge on any atom is -0.355 e. The molecule has 1 aliphatic carbocycles. The monoisotopic (exact) mass is 210 g/mol. The number of rotatable bonds is 4. The summed E-state index contributed by atoms with van der Waals surface area (Å²) in [6.45, 7) is 3.74. The first-order chi connectivity index (χ1) is 7.34. The van der Waals surface area contributed by atoms with E-state index in [0.717, 1.165) is 25.6 Å². The van der Waals surface area contributed by atoms with Crippen molar-refractivity contribution in [2.45, 2.75) is 38.5 Å². The number of carbonyl (C=O) groups excluding carboxylic acids is 1. The lowest BCUT2D eigenvalue weighted by molar-refractivity contribution is -0.122. The number of nitrogens with one attached hydrogen (secondary N) is 1. The minimum absolute atomic E-state index is 0.226. The predicted molar refractivity (Wildman–Crippen MR) is 60.6 cm³/mol. The van der Waals surface area contributed by atoms with Crippen LogP contribution >= 0.6 is 0 Å². The summed E-state index contributed by atoms with van der Waals surface area (Å²) in [6, 6.07) is 0. The molecule has 0 spiro atoms. The summed E-state index contributed by atoms with van der Waals surface area (Å²) in [6.07, 6.45) is 7.83. The van der Waals surface area contributed by atoms with Crippen molar-refractivity contribution in [3.63, 3.8) is 0 Å². The van der Waals surface area contributed by atoms with E-state index in [1.807, 2.05) is 0 Å². The van der Waals surface area contributed by atoms with E-state index in [1.54, 1.807) is 0 Å². The molecule has 15 heavy (non-hydrogen) atoms. The van der Waals surface area contributed by atoms with Crippen LogP contribution < -0.4 is 5.32 Å². The molecule has 86 valence electrons. The van der Waals surface area contributed by atoms with Crippen molar-refractivity contribution in [3.8, 4) is 0 Å².